The topological polar surface area (TPSA) is 76.4 Å². The van der Waals surface area contributed by atoms with E-state index >= 15 is 0 Å². The van der Waals surface area contributed by atoms with Crippen molar-refractivity contribution in [3.63, 3.8) is 0 Å². The molecule has 0 aliphatic heterocycles. The summed E-state index contributed by atoms with van der Waals surface area (Å²) in [4.78, 5) is 22.6. The fourth-order valence-corrected chi connectivity index (χ4v) is 1.31. The largest absolute Gasteiger partial charge is 0.442 e. The summed E-state index contributed by atoms with van der Waals surface area (Å²) in [6.07, 6.45) is -0.958. The van der Waals surface area contributed by atoms with Crippen molar-refractivity contribution >= 4 is 11.9 Å². The van der Waals surface area contributed by atoms with Gasteiger partial charge in [-0.05, 0) is 32.9 Å². The second-order valence-corrected chi connectivity index (χ2v) is 5.33. The number of hydrogen-bond acceptors (Lipinski definition) is 5. The van der Waals surface area contributed by atoms with Crippen LogP contribution in [0.2, 0.25) is 0 Å². The Hall–Kier alpha value is -2.35. The fourth-order valence-electron chi connectivity index (χ4n) is 1.31. The molecule has 0 aliphatic rings. The van der Waals surface area contributed by atoms with Crippen LogP contribution in [-0.4, -0.2) is 11.9 Å². The molecule has 1 rings (SSSR count). The first kappa shape index (κ1) is 15.7. The number of hydrogen-bond donors (Lipinski definition) is 0. The number of nitrogens with zero attached hydrogens (tertiary/aromatic N) is 1. The number of rotatable bonds is 3. The number of ether oxygens (including phenoxy) is 2. The summed E-state index contributed by atoms with van der Waals surface area (Å²) in [7, 11) is 0. The van der Waals surface area contributed by atoms with E-state index in [1.54, 1.807) is 45.0 Å². The zero-order valence-corrected chi connectivity index (χ0v) is 12.0. The lowest BCUT2D eigenvalue weighted by Crippen LogP contribution is -2.25. The van der Waals surface area contributed by atoms with Gasteiger partial charge in [-0.1, -0.05) is 12.1 Å². The van der Waals surface area contributed by atoms with E-state index in [9.17, 15) is 9.59 Å². The van der Waals surface area contributed by atoms with Crippen LogP contribution < -0.4 is 4.74 Å². The SMILES string of the molecule is CC(=O)OC(C#N)c1ccc(OC(=O)C(C)(C)C)cc1. The highest BCUT2D eigenvalue weighted by molar-refractivity contribution is 5.77. The van der Waals surface area contributed by atoms with Crippen LogP contribution >= 0.6 is 0 Å². The van der Waals surface area contributed by atoms with Gasteiger partial charge in [0.15, 0.2) is 0 Å². The lowest BCUT2D eigenvalue weighted by atomic mass is 9.97. The van der Waals surface area contributed by atoms with E-state index < -0.39 is 17.5 Å². The Kier molecular flexibility index (Phi) is 4.87. The Labute approximate surface area is 118 Å². The van der Waals surface area contributed by atoms with Gasteiger partial charge < -0.3 is 9.47 Å². The Balaban J connectivity index is 2.81. The third-order valence-corrected chi connectivity index (χ3v) is 2.41. The van der Waals surface area contributed by atoms with Gasteiger partial charge >= 0.3 is 11.9 Å². The minimum absolute atomic E-state index is 0.345. The third-order valence-electron chi connectivity index (χ3n) is 2.41. The van der Waals surface area contributed by atoms with Crippen LogP contribution in [0.5, 0.6) is 5.75 Å². The average Bonchev–Trinajstić information content (AvgIpc) is 2.35. The molecule has 0 amide bonds. The molecule has 0 spiro atoms. The van der Waals surface area contributed by atoms with Crippen molar-refractivity contribution in [2.45, 2.75) is 33.8 Å². The Morgan fingerprint density at radius 2 is 1.75 bits per heavy atom. The number of nitriles is 1. The smallest absolute Gasteiger partial charge is 0.316 e. The number of esters is 2. The normalized spacial score (nSPS) is 12.2. The molecule has 1 unspecified atom stereocenters. The molecule has 0 aliphatic carbocycles. The second-order valence-electron chi connectivity index (χ2n) is 5.33. The summed E-state index contributed by atoms with van der Waals surface area (Å²) < 4.78 is 10.1. The van der Waals surface area contributed by atoms with Gasteiger partial charge in [-0.3, -0.25) is 9.59 Å². The maximum atomic E-state index is 11.7. The van der Waals surface area contributed by atoms with Gasteiger partial charge in [0, 0.05) is 12.5 Å². The van der Waals surface area contributed by atoms with Crippen LogP contribution in [0.1, 0.15) is 39.4 Å². The van der Waals surface area contributed by atoms with E-state index in [1.165, 1.54) is 6.92 Å². The number of carbonyl (C=O) groups excluding carboxylic acids is 2. The molecule has 0 heterocycles. The van der Waals surface area contributed by atoms with E-state index in [-0.39, 0.29) is 5.97 Å². The van der Waals surface area contributed by atoms with Crippen molar-refractivity contribution in [3.8, 4) is 11.8 Å². The maximum absolute atomic E-state index is 11.7. The van der Waals surface area contributed by atoms with E-state index in [2.05, 4.69) is 0 Å². The van der Waals surface area contributed by atoms with E-state index in [1.807, 2.05) is 6.07 Å². The summed E-state index contributed by atoms with van der Waals surface area (Å²) in [6.45, 7) is 6.52. The highest BCUT2D eigenvalue weighted by Gasteiger charge is 2.23. The molecule has 1 aromatic rings. The molecule has 0 saturated carbocycles. The number of benzene rings is 1. The van der Waals surface area contributed by atoms with Gasteiger partial charge in [0.1, 0.15) is 11.8 Å². The molecule has 5 heteroatoms. The first-order valence-electron chi connectivity index (χ1n) is 6.13. The zero-order valence-electron chi connectivity index (χ0n) is 12.0. The summed E-state index contributed by atoms with van der Waals surface area (Å²) >= 11 is 0. The predicted octanol–water partition coefficient (Wildman–Crippen LogP) is 2.77. The molecule has 20 heavy (non-hydrogen) atoms. The van der Waals surface area contributed by atoms with Gasteiger partial charge in [-0.25, -0.2) is 0 Å². The molecule has 0 fully saturated rings. The number of carbonyl (C=O) groups is 2. The molecular formula is C15H17NO4. The molecule has 0 saturated heterocycles. The average molecular weight is 275 g/mol. The molecule has 1 aromatic carbocycles. The standard InChI is InChI=1S/C15H17NO4/c1-10(17)19-13(9-16)11-5-7-12(8-6-11)20-14(18)15(2,3)4/h5-8,13H,1-4H3. The Morgan fingerprint density at radius 3 is 2.15 bits per heavy atom. The third kappa shape index (κ3) is 4.39. The lowest BCUT2D eigenvalue weighted by Gasteiger charge is -2.16. The molecule has 106 valence electrons. The highest BCUT2D eigenvalue weighted by atomic mass is 16.5. The maximum Gasteiger partial charge on any atom is 0.316 e. The van der Waals surface area contributed by atoms with Crippen LogP contribution in [0.25, 0.3) is 0 Å². The molecule has 5 nitrogen and oxygen atoms in total. The van der Waals surface area contributed by atoms with Gasteiger partial charge in [-0.2, -0.15) is 5.26 Å². The van der Waals surface area contributed by atoms with Gasteiger partial charge in [0.05, 0.1) is 5.41 Å². The molecule has 0 N–H and O–H groups in total. The van der Waals surface area contributed by atoms with Gasteiger partial charge in [0.2, 0.25) is 6.10 Å². The van der Waals surface area contributed by atoms with Crippen LogP contribution in [0.4, 0.5) is 0 Å². The zero-order chi connectivity index (χ0) is 15.3. The van der Waals surface area contributed by atoms with Crippen LogP contribution in [0.3, 0.4) is 0 Å². The van der Waals surface area contributed by atoms with E-state index in [4.69, 9.17) is 14.7 Å². The highest BCUT2D eigenvalue weighted by Crippen LogP contribution is 2.23. The van der Waals surface area contributed by atoms with Crippen molar-refractivity contribution in [1.29, 1.82) is 5.26 Å². The predicted molar refractivity (Wildman–Crippen MR) is 71.7 cm³/mol. The minimum atomic E-state index is -0.958. The molecule has 0 aromatic heterocycles. The van der Waals surface area contributed by atoms with Crippen molar-refractivity contribution in [3.05, 3.63) is 29.8 Å². The molecule has 0 radical (unpaired) electrons. The summed E-state index contributed by atoms with van der Waals surface area (Å²) in [5.74, 6) is -0.491. The summed E-state index contributed by atoms with van der Waals surface area (Å²) in [5.41, 5.74) is -0.0655. The monoisotopic (exact) mass is 275 g/mol. The van der Waals surface area contributed by atoms with Crippen molar-refractivity contribution < 1.29 is 19.1 Å². The first-order valence-corrected chi connectivity index (χ1v) is 6.13. The Bertz CT molecular complexity index is 534. The van der Waals surface area contributed by atoms with Crippen LogP contribution in [-0.2, 0) is 14.3 Å². The molecular weight excluding hydrogens is 258 g/mol. The molecule has 0 bridgehead atoms. The van der Waals surface area contributed by atoms with E-state index in [0.29, 0.717) is 11.3 Å². The van der Waals surface area contributed by atoms with Crippen molar-refractivity contribution in [2.24, 2.45) is 5.41 Å². The second kappa shape index (κ2) is 6.20. The summed E-state index contributed by atoms with van der Waals surface area (Å²) in [6, 6.07) is 8.18. The molecule has 1 atom stereocenters. The fraction of sp³-hybridized carbons (Fsp3) is 0.400. The Morgan fingerprint density at radius 1 is 1.20 bits per heavy atom. The van der Waals surface area contributed by atoms with Crippen LogP contribution in [0.15, 0.2) is 24.3 Å². The minimum Gasteiger partial charge on any atom is -0.442 e. The first-order chi connectivity index (χ1) is 9.24. The van der Waals surface area contributed by atoms with Crippen LogP contribution in [0, 0.1) is 16.7 Å². The van der Waals surface area contributed by atoms with Crippen molar-refractivity contribution in [1.82, 2.24) is 0 Å². The van der Waals surface area contributed by atoms with Gasteiger partial charge in [0.25, 0.3) is 0 Å². The van der Waals surface area contributed by atoms with E-state index in [0.717, 1.165) is 0 Å². The summed E-state index contributed by atoms with van der Waals surface area (Å²) in [5, 5.41) is 8.94. The quantitative estimate of drug-likeness (QED) is 0.626. The lowest BCUT2D eigenvalue weighted by molar-refractivity contribution is -0.144. The van der Waals surface area contributed by atoms with Crippen molar-refractivity contribution in [2.75, 3.05) is 0 Å². The van der Waals surface area contributed by atoms with Gasteiger partial charge in [-0.15, -0.1) is 0 Å².